The maximum atomic E-state index is 15.2. The van der Waals surface area contributed by atoms with E-state index in [-0.39, 0.29) is 11.6 Å². The first kappa shape index (κ1) is 19.9. The van der Waals surface area contributed by atoms with Crippen LogP contribution in [0.5, 0.6) is 0 Å². The standard InChI is InChI=1S/C23H21FN8/c1-15-8-17(4-6-26-15)19-3-2-16(9-27-19)10-28-22-21(24)23(31-14-30-22)32-7-5-20-18(12-32)11-25-13-29-20/h2-4,6,8-9,11,13-14H,5,7,10,12H2,1H3,(H,28,30,31). The lowest BCUT2D eigenvalue weighted by Gasteiger charge is -2.29. The van der Waals surface area contributed by atoms with Crippen molar-refractivity contribution in [2.75, 3.05) is 16.8 Å². The van der Waals surface area contributed by atoms with E-state index < -0.39 is 5.82 Å². The molecule has 9 heteroatoms. The molecule has 0 atom stereocenters. The van der Waals surface area contributed by atoms with Crippen molar-refractivity contribution in [1.82, 2.24) is 29.9 Å². The van der Waals surface area contributed by atoms with Gasteiger partial charge in [-0.15, -0.1) is 0 Å². The van der Waals surface area contributed by atoms with Crippen LogP contribution in [-0.2, 0) is 19.5 Å². The summed E-state index contributed by atoms with van der Waals surface area (Å²) in [4.78, 5) is 27.3. The topological polar surface area (TPSA) is 92.6 Å². The third-order valence-electron chi connectivity index (χ3n) is 5.41. The summed E-state index contributed by atoms with van der Waals surface area (Å²) in [6.07, 6.45) is 8.97. The predicted molar refractivity (Wildman–Crippen MR) is 118 cm³/mol. The van der Waals surface area contributed by atoms with Crippen LogP contribution >= 0.6 is 0 Å². The molecule has 160 valence electrons. The molecule has 4 aromatic rings. The van der Waals surface area contributed by atoms with Gasteiger partial charge in [0.1, 0.15) is 12.7 Å². The van der Waals surface area contributed by atoms with Gasteiger partial charge in [0, 0.05) is 61.5 Å². The largest absolute Gasteiger partial charge is 0.363 e. The van der Waals surface area contributed by atoms with Gasteiger partial charge in [-0.3, -0.25) is 9.97 Å². The number of halogens is 1. The summed E-state index contributed by atoms with van der Waals surface area (Å²) in [5, 5.41) is 3.07. The van der Waals surface area contributed by atoms with Crippen molar-refractivity contribution >= 4 is 11.6 Å². The molecule has 0 bridgehead atoms. The zero-order valence-electron chi connectivity index (χ0n) is 17.5. The molecule has 0 saturated carbocycles. The lowest BCUT2D eigenvalue weighted by atomic mass is 10.1. The Morgan fingerprint density at radius 3 is 2.81 bits per heavy atom. The molecular formula is C23H21FN8. The van der Waals surface area contributed by atoms with Crippen LogP contribution in [0.4, 0.5) is 16.0 Å². The number of fused-ring (bicyclic) bond motifs is 1. The molecule has 0 aromatic carbocycles. The zero-order valence-corrected chi connectivity index (χ0v) is 17.5. The fourth-order valence-corrected chi connectivity index (χ4v) is 3.74. The molecule has 0 aliphatic carbocycles. The summed E-state index contributed by atoms with van der Waals surface area (Å²) < 4.78 is 15.2. The molecule has 5 rings (SSSR count). The van der Waals surface area contributed by atoms with Gasteiger partial charge >= 0.3 is 0 Å². The van der Waals surface area contributed by atoms with Gasteiger partial charge < -0.3 is 10.2 Å². The molecule has 1 aliphatic rings. The number of aryl methyl sites for hydroxylation is 1. The number of nitrogens with zero attached hydrogens (tertiary/aromatic N) is 7. The molecule has 0 saturated heterocycles. The van der Waals surface area contributed by atoms with Crippen LogP contribution in [0.3, 0.4) is 0 Å². The number of anilines is 2. The van der Waals surface area contributed by atoms with Crippen molar-refractivity contribution in [2.45, 2.75) is 26.4 Å². The van der Waals surface area contributed by atoms with Gasteiger partial charge in [-0.1, -0.05) is 6.07 Å². The molecule has 1 N–H and O–H groups in total. The third-order valence-corrected chi connectivity index (χ3v) is 5.41. The molecule has 0 amide bonds. The van der Waals surface area contributed by atoms with E-state index in [1.54, 1.807) is 24.9 Å². The van der Waals surface area contributed by atoms with E-state index >= 15 is 4.39 Å². The second kappa shape index (κ2) is 8.62. The Labute approximate surface area is 184 Å². The fourth-order valence-electron chi connectivity index (χ4n) is 3.74. The lowest BCUT2D eigenvalue weighted by Crippen LogP contribution is -2.32. The van der Waals surface area contributed by atoms with Crippen LogP contribution in [0.1, 0.15) is 22.5 Å². The Morgan fingerprint density at radius 2 is 1.97 bits per heavy atom. The first-order valence-corrected chi connectivity index (χ1v) is 10.3. The van der Waals surface area contributed by atoms with Gasteiger partial charge in [-0.25, -0.2) is 19.9 Å². The minimum absolute atomic E-state index is 0.166. The maximum Gasteiger partial charge on any atom is 0.207 e. The predicted octanol–water partition coefficient (Wildman–Crippen LogP) is 3.35. The molecule has 0 radical (unpaired) electrons. The number of pyridine rings is 2. The molecule has 32 heavy (non-hydrogen) atoms. The molecule has 5 heterocycles. The second-order valence-corrected chi connectivity index (χ2v) is 7.62. The number of hydrogen-bond donors (Lipinski definition) is 1. The Kier molecular flexibility index (Phi) is 5.37. The number of nitrogens with one attached hydrogen (secondary N) is 1. The maximum absolute atomic E-state index is 15.2. The summed E-state index contributed by atoms with van der Waals surface area (Å²) in [7, 11) is 0. The number of hydrogen-bond acceptors (Lipinski definition) is 8. The Bertz CT molecular complexity index is 1240. The van der Waals surface area contributed by atoms with Crippen molar-refractivity contribution in [3.05, 3.63) is 83.8 Å². The highest BCUT2D eigenvalue weighted by atomic mass is 19.1. The summed E-state index contributed by atoms with van der Waals surface area (Å²) in [5.74, 6) is -0.0258. The first-order valence-electron chi connectivity index (χ1n) is 10.3. The zero-order chi connectivity index (χ0) is 21.9. The van der Waals surface area contributed by atoms with Gasteiger partial charge in [-0.2, -0.15) is 4.39 Å². The summed E-state index contributed by atoms with van der Waals surface area (Å²) >= 11 is 0. The Balaban J connectivity index is 1.28. The molecule has 0 fully saturated rings. The first-order chi connectivity index (χ1) is 15.7. The molecule has 8 nitrogen and oxygen atoms in total. The highest BCUT2D eigenvalue weighted by Gasteiger charge is 2.23. The van der Waals surface area contributed by atoms with Crippen LogP contribution in [0.2, 0.25) is 0 Å². The van der Waals surface area contributed by atoms with Gasteiger partial charge in [0.2, 0.25) is 5.82 Å². The van der Waals surface area contributed by atoms with E-state index in [0.717, 1.165) is 40.2 Å². The average Bonchev–Trinajstić information content (AvgIpc) is 2.83. The Hall–Kier alpha value is -4.01. The Morgan fingerprint density at radius 1 is 1.03 bits per heavy atom. The fraction of sp³-hybridized carbons (Fsp3) is 0.217. The van der Waals surface area contributed by atoms with E-state index in [4.69, 9.17) is 0 Å². The van der Waals surface area contributed by atoms with Crippen LogP contribution in [0.15, 0.2) is 55.5 Å². The summed E-state index contributed by atoms with van der Waals surface area (Å²) in [6.45, 7) is 3.50. The van der Waals surface area contributed by atoms with E-state index in [0.29, 0.717) is 19.6 Å². The van der Waals surface area contributed by atoms with E-state index in [1.807, 2.05) is 36.1 Å². The normalized spacial score (nSPS) is 13.0. The van der Waals surface area contributed by atoms with Crippen molar-refractivity contribution in [3.63, 3.8) is 0 Å². The highest BCUT2D eigenvalue weighted by Crippen LogP contribution is 2.26. The SMILES string of the molecule is Cc1cc(-c2ccc(CNc3ncnc(N4CCc5ncncc5C4)c3F)cn2)ccn1. The lowest BCUT2D eigenvalue weighted by molar-refractivity contribution is 0.594. The van der Waals surface area contributed by atoms with Crippen LogP contribution in [0, 0.1) is 12.7 Å². The molecular weight excluding hydrogens is 407 g/mol. The smallest absolute Gasteiger partial charge is 0.207 e. The quantitative estimate of drug-likeness (QED) is 0.517. The average molecular weight is 428 g/mol. The summed E-state index contributed by atoms with van der Waals surface area (Å²) in [6, 6.07) is 7.83. The van der Waals surface area contributed by atoms with Crippen molar-refractivity contribution < 1.29 is 4.39 Å². The molecule has 4 aromatic heterocycles. The van der Waals surface area contributed by atoms with Crippen LogP contribution < -0.4 is 10.2 Å². The van der Waals surface area contributed by atoms with E-state index in [1.165, 1.54) is 6.33 Å². The number of rotatable bonds is 5. The van der Waals surface area contributed by atoms with E-state index in [9.17, 15) is 0 Å². The van der Waals surface area contributed by atoms with Crippen LogP contribution in [0.25, 0.3) is 11.3 Å². The highest BCUT2D eigenvalue weighted by molar-refractivity contribution is 5.59. The number of aromatic nitrogens is 6. The van der Waals surface area contributed by atoms with Gasteiger partial charge in [-0.05, 0) is 30.7 Å². The summed E-state index contributed by atoms with van der Waals surface area (Å²) in [5.41, 5.74) is 5.72. The van der Waals surface area contributed by atoms with Gasteiger partial charge in [0.05, 0.1) is 11.4 Å². The van der Waals surface area contributed by atoms with Crippen molar-refractivity contribution in [1.29, 1.82) is 0 Å². The second-order valence-electron chi connectivity index (χ2n) is 7.62. The monoisotopic (exact) mass is 428 g/mol. The van der Waals surface area contributed by atoms with Crippen molar-refractivity contribution in [2.24, 2.45) is 0 Å². The minimum Gasteiger partial charge on any atom is -0.363 e. The minimum atomic E-state index is -0.468. The van der Waals surface area contributed by atoms with E-state index in [2.05, 4.69) is 35.2 Å². The van der Waals surface area contributed by atoms with Gasteiger partial charge in [0.15, 0.2) is 11.6 Å². The molecule has 0 spiro atoms. The van der Waals surface area contributed by atoms with Crippen molar-refractivity contribution in [3.8, 4) is 11.3 Å². The third kappa shape index (κ3) is 4.09. The van der Waals surface area contributed by atoms with Gasteiger partial charge in [0.25, 0.3) is 0 Å². The molecule has 0 unspecified atom stereocenters. The van der Waals surface area contributed by atoms with Crippen LogP contribution in [-0.4, -0.2) is 36.4 Å². The molecule has 1 aliphatic heterocycles.